The van der Waals surface area contributed by atoms with Gasteiger partial charge >= 0.3 is 5.97 Å². The zero-order valence-corrected chi connectivity index (χ0v) is 15.1. The van der Waals surface area contributed by atoms with E-state index in [1.165, 1.54) is 6.92 Å². The van der Waals surface area contributed by atoms with Crippen LogP contribution in [0.5, 0.6) is 0 Å². The summed E-state index contributed by atoms with van der Waals surface area (Å²) in [7, 11) is 0. The first kappa shape index (κ1) is 20.3. The molecule has 0 aromatic heterocycles. The van der Waals surface area contributed by atoms with Gasteiger partial charge in [0.15, 0.2) is 0 Å². The van der Waals surface area contributed by atoms with Crippen molar-refractivity contribution < 1.29 is 19.5 Å². The molecule has 1 aromatic rings. The highest BCUT2D eigenvalue weighted by Crippen LogP contribution is 2.15. The van der Waals surface area contributed by atoms with Gasteiger partial charge in [-0.3, -0.25) is 14.4 Å². The van der Waals surface area contributed by atoms with Gasteiger partial charge in [0, 0.05) is 6.54 Å². The number of carbonyl (C=O) groups excluding carboxylic acids is 2. The molecule has 24 heavy (non-hydrogen) atoms. The van der Waals surface area contributed by atoms with E-state index in [-0.39, 0.29) is 6.54 Å². The molecule has 6 nitrogen and oxygen atoms in total. The van der Waals surface area contributed by atoms with Gasteiger partial charge in [0.05, 0.1) is 16.5 Å². The predicted molar refractivity (Wildman–Crippen MR) is 95.5 cm³/mol. The number of carbonyl (C=O) groups is 3. The van der Waals surface area contributed by atoms with E-state index in [4.69, 9.17) is 16.7 Å². The standard InChI is InChI=1S/C16H21ClN2O4S/c1-10(16(22)23)9-18-15(21)13(7-8-24-2)19-14(20)11-5-3-4-6-12(11)17/h3-6,10,13H,7-9H2,1-2H3,(H,18,21)(H,19,20)(H,22,23). The van der Waals surface area contributed by atoms with Crippen molar-refractivity contribution in [1.82, 2.24) is 10.6 Å². The van der Waals surface area contributed by atoms with Crippen LogP contribution in [0.2, 0.25) is 5.02 Å². The van der Waals surface area contributed by atoms with Crippen molar-refractivity contribution in [2.24, 2.45) is 5.92 Å². The molecule has 0 fully saturated rings. The molecule has 0 radical (unpaired) electrons. The summed E-state index contributed by atoms with van der Waals surface area (Å²) in [4.78, 5) is 35.4. The zero-order valence-electron chi connectivity index (χ0n) is 13.5. The van der Waals surface area contributed by atoms with Crippen molar-refractivity contribution in [2.75, 3.05) is 18.6 Å². The fourth-order valence-electron chi connectivity index (χ4n) is 1.85. The molecule has 0 saturated carbocycles. The van der Waals surface area contributed by atoms with Gasteiger partial charge in [-0.2, -0.15) is 11.8 Å². The summed E-state index contributed by atoms with van der Waals surface area (Å²) < 4.78 is 0. The normalized spacial score (nSPS) is 13.0. The van der Waals surface area contributed by atoms with Crippen molar-refractivity contribution in [3.63, 3.8) is 0 Å². The van der Waals surface area contributed by atoms with Crippen LogP contribution in [0.15, 0.2) is 24.3 Å². The Kier molecular flexibility index (Phi) is 8.63. The average Bonchev–Trinajstić information content (AvgIpc) is 2.56. The SMILES string of the molecule is CSCCC(NC(=O)c1ccccc1Cl)C(=O)NCC(C)C(=O)O. The Labute approximate surface area is 150 Å². The van der Waals surface area contributed by atoms with Gasteiger partial charge in [0.1, 0.15) is 6.04 Å². The number of amides is 2. The highest BCUT2D eigenvalue weighted by atomic mass is 35.5. The monoisotopic (exact) mass is 372 g/mol. The van der Waals surface area contributed by atoms with Gasteiger partial charge in [-0.05, 0) is 30.6 Å². The molecule has 0 aliphatic heterocycles. The number of halogens is 1. The maximum absolute atomic E-state index is 12.3. The van der Waals surface area contributed by atoms with Crippen LogP contribution in [0, 0.1) is 5.92 Å². The van der Waals surface area contributed by atoms with E-state index >= 15 is 0 Å². The zero-order chi connectivity index (χ0) is 18.1. The molecule has 8 heteroatoms. The van der Waals surface area contributed by atoms with Crippen molar-refractivity contribution >= 4 is 41.1 Å². The first-order valence-electron chi connectivity index (χ1n) is 7.41. The van der Waals surface area contributed by atoms with Crippen molar-refractivity contribution in [3.8, 4) is 0 Å². The molecule has 0 saturated heterocycles. The van der Waals surface area contributed by atoms with Gasteiger partial charge in [-0.15, -0.1) is 0 Å². The summed E-state index contributed by atoms with van der Waals surface area (Å²) in [6, 6.07) is 5.83. The fraction of sp³-hybridized carbons (Fsp3) is 0.438. The summed E-state index contributed by atoms with van der Waals surface area (Å²) in [5, 5.41) is 14.4. The summed E-state index contributed by atoms with van der Waals surface area (Å²) in [6.45, 7) is 1.51. The van der Waals surface area contributed by atoms with Crippen molar-refractivity contribution in [1.29, 1.82) is 0 Å². The topological polar surface area (TPSA) is 95.5 Å². The molecule has 1 rings (SSSR count). The molecule has 0 heterocycles. The lowest BCUT2D eigenvalue weighted by molar-refractivity contribution is -0.141. The molecule has 0 aliphatic rings. The van der Waals surface area contributed by atoms with E-state index in [9.17, 15) is 14.4 Å². The highest BCUT2D eigenvalue weighted by Gasteiger charge is 2.23. The number of rotatable bonds is 9. The smallest absolute Gasteiger partial charge is 0.308 e. The van der Waals surface area contributed by atoms with E-state index in [0.29, 0.717) is 22.8 Å². The van der Waals surface area contributed by atoms with Gasteiger partial charge in [0.25, 0.3) is 5.91 Å². The van der Waals surface area contributed by atoms with Gasteiger partial charge in [-0.1, -0.05) is 30.7 Å². The van der Waals surface area contributed by atoms with Gasteiger partial charge in [-0.25, -0.2) is 0 Å². The Hall–Kier alpha value is -1.73. The lowest BCUT2D eigenvalue weighted by atomic mass is 10.1. The van der Waals surface area contributed by atoms with Crippen LogP contribution in [0.4, 0.5) is 0 Å². The van der Waals surface area contributed by atoms with E-state index in [1.54, 1.807) is 36.0 Å². The molecule has 3 N–H and O–H groups in total. The van der Waals surface area contributed by atoms with E-state index in [1.807, 2.05) is 6.26 Å². The van der Waals surface area contributed by atoms with Gasteiger partial charge < -0.3 is 15.7 Å². The molecule has 2 amide bonds. The maximum Gasteiger partial charge on any atom is 0.308 e. The first-order valence-corrected chi connectivity index (χ1v) is 9.18. The average molecular weight is 373 g/mol. The number of carboxylic acids is 1. The Bertz CT molecular complexity index is 597. The third-order valence-corrected chi connectivity index (χ3v) is 4.33. The maximum atomic E-state index is 12.3. The number of benzene rings is 1. The minimum atomic E-state index is -0.990. The highest BCUT2D eigenvalue weighted by molar-refractivity contribution is 7.98. The van der Waals surface area contributed by atoms with Gasteiger partial charge in [0.2, 0.25) is 5.91 Å². The molecule has 2 unspecified atom stereocenters. The Balaban J connectivity index is 2.74. The molecular formula is C16H21ClN2O4S. The van der Waals surface area contributed by atoms with Crippen LogP contribution in [-0.2, 0) is 9.59 Å². The summed E-state index contributed by atoms with van der Waals surface area (Å²) in [5.74, 6) is -1.86. The van der Waals surface area contributed by atoms with Crippen molar-refractivity contribution in [3.05, 3.63) is 34.9 Å². The van der Waals surface area contributed by atoms with E-state index in [0.717, 1.165) is 0 Å². The second-order valence-electron chi connectivity index (χ2n) is 5.27. The molecule has 1 aromatic carbocycles. The largest absolute Gasteiger partial charge is 0.481 e. The number of nitrogens with one attached hydrogen (secondary N) is 2. The minimum absolute atomic E-state index is 0.00585. The van der Waals surface area contributed by atoms with E-state index in [2.05, 4.69) is 10.6 Å². The number of carboxylic acid groups (broad SMARTS) is 1. The quantitative estimate of drug-likeness (QED) is 0.616. The van der Waals surface area contributed by atoms with Crippen LogP contribution in [0.3, 0.4) is 0 Å². The number of hydrogen-bond acceptors (Lipinski definition) is 4. The summed E-state index contributed by atoms with van der Waals surface area (Å²) >= 11 is 7.54. The van der Waals surface area contributed by atoms with Crippen LogP contribution >= 0.6 is 23.4 Å². The third-order valence-electron chi connectivity index (χ3n) is 3.35. The summed E-state index contributed by atoms with van der Waals surface area (Å²) in [5.41, 5.74) is 0.292. The van der Waals surface area contributed by atoms with Crippen LogP contribution < -0.4 is 10.6 Å². The lowest BCUT2D eigenvalue weighted by Crippen LogP contribution is -2.48. The number of aliphatic carboxylic acids is 1. The Morgan fingerprint density at radius 3 is 2.54 bits per heavy atom. The fourth-order valence-corrected chi connectivity index (χ4v) is 2.54. The van der Waals surface area contributed by atoms with Crippen molar-refractivity contribution in [2.45, 2.75) is 19.4 Å². The van der Waals surface area contributed by atoms with Crippen LogP contribution in [-0.4, -0.2) is 47.5 Å². The number of hydrogen-bond donors (Lipinski definition) is 3. The minimum Gasteiger partial charge on any atom is -0.481 e. The Morgan fingerprint density at radius 1 is 1.29 bits per heavy atom. The van der Waals surface area contributed by atoms with Crippen LogP contribution in [0.25, 0.3) is 0 Å². The lowest BCUT2D eigenvalue weighted by Gasteiger charge is -2.19. The second kappa shape index (κ2) is 10.2. The number of thioether (sulfide) groups is 1. The van der Waals surface area contributed by atoms with E-state index < -0.39 is 29.7 Å². The molecule has 132 valence electrons. The molecule has 2 atom stereocenters. The first-order chi connectivity index (χ1) is 11.4. The molecule has 0 aliphatic carbocycles. The molecule has 0 spiro atoms. The third kappa shape index (κ3) is 6.41. The summed E-state index contributed by atoms with van der Waals surface area (Å²) in [6.07, 6.45) is 2.34. The molecule has 0 bridgehead atoms. The predicted octanol–water partition coefficient (Wildman–Crippen LogP) is 2.03. The second-order valence-corrected chi connectivity index (χ2v) is 6.66. The Morgan fingerprint density at radius 2 is 1.96 bits per heavy atom. The van der Waals surface area contributed by atoms with Crippen LogP contribution in [0.1, 0.15) is 23.7 Å². The molecular weight excluding hydrogens is 352 g/mol.